The van der Waals surface area contributed by atoms with Crippen molar-refractivity contribution in [3.05, 3.63) is 0 Å². The molecule has 21 aliphatic rings. The molecule has 0 amide bonds. The average Bonchev–Trinajstić information content (AvgIpc) is 1.61. The molecule has 138 heavy (non-hydrogen) atoms. The van der Waals surface area contributed by atoms with Crippen LogP contribution in [0.3, 0.4) is 0 Å². The Morgan fingerprint density at radius 1 is 0.283 bits per heavy atom. The first-order valence-corrected chi connectivity index (χ1v) is 61.2. The van der Waals surface area contributed by atoms with Crippen LogP contribution >= 0.6 is 0 Å². The summed E-state index contributed by atoms with van der Waals surface area (Å²) in [7, 11) is 0. The highest BCUT2D eigenvalue weighted by Gasteiger charge is 2.61. The van der Waals surface area contributed by atoms with Gasteiger partial charge >= 0.3 is 0 Å². The second-order valence-corrected chi connectivity index (χ2v) is 59.9. The third kappa shape index (κ3) is 34.8. The maximum absolute atomic E-state index is 6.51. The first-order chi connectivity index (χ1) is 64.4. The Balaban J connectivity index is 0.000000160. The Hall–Kier alpha value is -0.360. The van der Waals surface area contributed by atoms with Gasteiger partial charge in [0.2, 0.25) is 0 Å². The van der Waals surface area contributed by atoms with Crippen LogP contribution in [-0.4, -0.2) is 111 Å². The maximum Gasteiger partial charge on any atom is 0.0694 e. The summed E-state index contributed by atoms with van der Waals surface area (Å²) in [6, 6.07) is 0. The van der Waals surface area contributed by atoms with Gasteiger partial charge in [0, 0.05) is 0 Å². The molecule has 21 fully saturated rings. The number of hydrogen-bond donors (Lipinski definition) is 0. The minimum atomic E-state index is 0.304. The zero-order valence-corrected chi connectivity index (χ0v) is 99.1. The van der Waals surface area contributed by atoms with E-state index >= 15 is 0 Å². The van der Waals surface area contributed by atoms with E-state index in [0.29, 0.717) is 177 Å². The molecule has 0 aromatic heterocycles. The normalized spacial score (nSPS) is 40.0. The van der Waals surface area contributed by atoms with Crippen molar-refractivity contribution >= 4 is 0 Å². The SMILES string of the molecule is CC(C)[C@@H](C)OC12CC3CC(CC(C3)C1)C2.CC(C)[C@@H](C)OC1C2(C)CCC(C2)C1(C)C.CC(C)[C@@H](C)OC1C2CC3CC(C2)CC1C3.CC(C)[C@@H](C)OC1CCC(C(C)(C)C)CC1.CC(C)[C@@H](C)OCC1(C)CC2CCC1C2.CC(C)[C@@H](C)OCC12CC3CC(CC(C3)C1)C2.CC(C)[C@@H](C)OCC1CC2CCC1C2.CC1CC(O[C@H](C)C(C)C)CC(C)(C)C1.CC1CCC(O[C@H](C)C(C)C)CC1. The Kier molecular flexibility index (Phi) is 45.5. The highest BCUT2D eigenvalue weighted by molar-refractivity contribution is 5.11. The van der Waals surface area contributed by atoms with Gasteiger partial charge in [-0.3, -0.25) is 0 Å². The van der Waals surface area contributed by atoms with Crippen molar-refractivity contribution in [3.8, 4) is 0 Å². The molecule has 0 saturated heterocycles. The monoisotopic (exact) mass is 1930 g/mol. The maximum atomic E-state index is 6.51. The van der Waals surface area contributed by atoms with E-state index in [9.17, 15) is 0 Å². The van der Waals surface area contributed by atoms with Crippen LogP contribution < -0.4 is 0 Å². The number of fused-ring (bicyclic) bond motifs is 6. The van der Waals surface area contributed by atoms with Crippen molar-refractivity contribution in [2.24, 2.45) is 198 Å². The predicted octanol–water partition coefficient (Wildman–Crippen LogP) is 36.3. The highest BCUT2D eigenvalue weighted by Crippen LogP contribution is 2.66. The van der Waals surface area contributed by atoms with Gasteiger partial charge in [-0.2, -0.15) is 0 Å². The van der Waals surface area contributed by atoms with Gasteiger partial charge in [0.25, 0.3) is 0 Å². The fourth-order valence-electron chi connectivity index (χ4n) is 31.8. The molecule has 21 rings (SSSR count). The molecule has 21 saturated carbocycles. The van der Waals surface area contributed by atoms with Gasteiger partial charge in [-0.25, -0.2) is 0 Å². The predicted molar refractivity (Wildman–Crippen MR) is 588 cm³/mol. The first kappa shape index (κ1) is 120. The Morgan fingerprint density at radius 3 is 1.07 bits per heavy atom. The summed E-state index contributed by atoms with van der Waals surface area (Å²) in [4.78, 5) is 0. The van der Waals surface area contributed by atoms with Gasteiger partial charge in [0.1, 0.15) is 0 Å². The van der Waals surface area contributed by atoms with E-state index in [2.05, 4.69) is 263 Å². The summed E-state index contributed by atoms with van der Waals surface area (Å²) in [6.07, 6.45) is 61.9. The highest BCUT2D eigenvalue weighted by atomic mass is 16.5. The summed E-state index contributed by atoms with van der Waals surface area (Å²) in [6.45, 7) is 90.0. The summed E-state index contributed by atoms with van der Waals surface area (Å²) < 4.78 is 55.8. The van der Waals surface area contributed by atoms with Crippen molar-refractivity contribution < 1.29 is 42.6 Å². The fraction of sp³-hybridized carbons (Fsp3) is 1.00. The van der Waals surface area contributed by atoms with E-state index in [1.54, 1.807) is 6.42 Å². The number of ether oxygens (including phenoxy) is 9. The van der Waals surface area contributed by atoms with Crippen LogP contribution in [0.1, 0.15) is 514 Å². The van der Waals surface area contributed by atoms with Crippen LogP contribution in [0.4, 0.5) is 0 Å². The fourth-order valence-corrected chi connectivity index (χ4v) is 31.8. The molecule has 20 atom stereocenters. The quantitative estimate of drug-likeness (QED) is 0.0698. The lowest BCUT2D eigenvalue weighted by Crippen LogP contribution is -2.53. The molecule has 9 nitrogen and oxygen atoms in total. The van der Waals surface area contributed by atoms with Gasteiger partial charge in [0.15, 0.2) is 0 Å². The first-order valence-electron chi connectivity index (χ1n) is 61.2. The van der Waals surface area contributed by atoms with Gasteiger partial charge in [-0.15, -0.1) is 0 Å². The van der Waals surface area contributed by atoms with Crippen molar-refractivity contribution in [1.82, 2.24) is 0 Å². The van der Waals surface area contributed by atoms with Crippen LogP contribution in [0.25, 0.3) is 0 Å². The van der Waals surface area contributed by atoms with Crippen molar-refractivity contribution in [2.45, 2.75) is 605 Å². The van der Waals surface area contributed by atoms with Gasteiger partial charge in [-0.05, 0) is 498 Å². The molecule has 0 spiro atoms. The summed E-state index contributed by atoms with van der Waals surface area (Å²) in [5, 5.41) is 0. The largest absolute Gasteiger partial charge is 0.378 e. The summed E-state index contributed by atoms with van der Waals surface area (Å²) >= 11 is 0. The Morgan fingerprint density at radius 2 is 0.681 bits per heavy atom. The molecule has 9 heteroatoms. The lowest BCUT2D eigenvalue weighted by Gasteiger charge is -2.57. The van der Waals surface area contributed by atoms with Crippen LogP contribution in [0, 0.1) is 198 Å². The molecule has 810 valence electrons. The molecule has 0 N–H and O–H groups in total. The van der Waals surface area contributed by atoms with Crippen LogP contribution in [0.15, 0.2) is 0 Å². The number of hydrogen-bond acceptors (Lipinski definition) is 9. The molecule has 0 heterocycles. The Bertz CT molecular complexity index is 3290. The molecule has 0 aromatic carbocycles. The lowest BCUT2D eigenvalue weighted by molar-refractivity contribution is -0.191. The topological polar surface area (TPSA) is 83.1 Å². The molecule has 21 aliphatic carbocycles. The van der Waals surface area contributed by atoms with Crippen LogP contribution in [0.5, 0.6) is 0 Å². The van der Waals surface area contributed by atoms with Gasteiger partial charge in [0.05, 0.1) is 111 Å². The van der Waals surface area contributed by atoms with E-state index in [-0.39, 0.29) is 0 Å². The molecule has 0 radical (unpaired) electrons. The van der Waals surface area contributed by atoms with E-state index in [4.69, 9.17) is 42.6 Å². The van der Waals surface area contributed by atoms with Crippen molar-refractivity contribution in [3.63, 3.8) is 0 Å². The second kappa shape index (κ2) is 52.6. The zero-order chi connectivity index (χ0) is 102. The van der Waals surface area contributed by atoms with E-state index in [1.807, 2.05) is 0 Å². The minimum absolute atomic E-state index is 0.304. The third-order valence-electron chi connectivity index (χ3n) is 42.5. The molecule has 11 unspecified atom stereocenters. The van der Waals surface area contributed by atoms with E-state index in [0.717, 1.165) is 132 Å². The van der Waals surface area contributed by atoms with Crippen molar-refractivity contribution in [1.29, 1.82) is 0 Å². The van der Waals surface area contributed by atoms with Gasteiger partial charge in [-0.1, -0.05) is 214 Å². The standard InChI is InChI=1S/C16H28O.2C15H26O.C15H28O.C15H30O.C14H26O.C14H28O.C13H24O.C12H24O/c1-11(2)12(3)17-10-16-7-13-4-14(8-16)6-15(5-13)9-16;1-10(2)11(3)16-15-7-12-4-13(8-15)6-14(5-12)9-15;1-9(2)10(3)16-15-13-5-11-4-12(7-13)8-14(15)6-11;1-10(2)11(3)16-13-14(4,5)12-7-8-15(13,6)9-12;1-11(2)12(3)16-14-9-7-13(8-10-14)15(4,5)6;1-10(2)11(3)15-9-14(4)8-12-5-6-13(14)7-12;1-10(2)12(4)15-13-7-11(3)8-14(5,6)9-13;1-9(2)10(3)14-8-13-7-11-4-5-12(13)6-11;1-9(2)11(4)13-12-7-5-10(3)6-8-12/h11-15H,4-10H2,1-3H3;10-14H,4-9H2,1-3H3;9-15H,4-8H2,1-3H3;10-13H,7-9H2,1-6H3;11-14H,7-10H2,1-6H3;10-13H,5-9H2,1-4H3;10-13H,7-9H2,1-6H3;9-13H,4-8H2,1-3H3;9-12H,5-8H2,1-4H3/t12-,13?,14?,15?,16?;11-,12?,13?,14?,15?;10-,11?,12?,13?,14?,15?;11-,12?,13?,15?;12-,13?,14?;11-,12?,13?,14?;11?,12-,13?;10-,11?,12?,13?;10?,11-,12?/m111111111/s1. The molecule has 18 bridgehead atoms. The van der Waals surface area contributed by atoms with Crippen LogP contribution in [-0.2, 0) is 42.6 Å². The third-order valence-corrected chi connectivity index (χ3v) is 42.5. The molecular weight excluding hydrogens is 1690 g/mol. The zero-order valence-electron chi connectivity index (χ0n) is 99.1. The number of rotatable bonds is 30. The second-order valence-electron chi connectivity index (χ2n) is 59.9. The minimum Gasteiger partial charge on any atom is -0.378 e. The average molecular weight is 1940 g/mol. The smallest absolute Gasteiger partial charge is 0.0694 e. The molecular formula is C129H240O9. The molecule has 0 aromatic rings. The Labute approximate surface area is 859 Å². The van der Waals surface area contributed by atoms with Crippen molar-refractivity contribution in [2.75, 3.05) is 19.8 Å². The summed E-state index contributed by atoms with van der Waals surface area (Å²) in [5.74, 6) is 24.5. The van der Waals surface area contributed by atoms with E-state index in [1.165, 1.54) is 244 Å². The summed E-state index contributed by atoms with van der Waals surface area (Å²) in [5.41, 5.74) is 3.20. The van der Waals surface area contributed by atoms with Crippen LogP contribution in [0.2, 0.25) is 0 Å². The van der Waals surface area contributed by atoms with Gasteiger partial charge < -0.3 is 42.6 Å². The van der Waals surface area contributed by atoms with E-state index < -0.39 is 0 Å². The lowest BCUT2D eigenvalue weighted by atomic mass is 9.50. The molecule has 0 aliphatic heterocycles.